The summed E-state index contributed by atoms with van der Waals surface area (Å²) < 4.78 is 7.48. The van der Waals surface area contributed by atoms with E-state index in [0.29, 0.717) is 12.0 Å². The molecular formula is C13H25IO. The smallest absolute Gasteiger partial charge is 0.0775 e. The van der Waals surface area contributed by atoms with E-state index in [-0.39, 0.29) is 5.60 Å². The molecule has 0 aromatic carbocycles. The average molecular weight is 324 g/mol. The minimum Gasteiger partial charge on any atom is -0.371 e. The van der Waals surface area contributed by atoms with Crippen LogP contribution < -0.4 is 0 Å². The van der Waals surface area contributed by atoms with Gasteiger partial charge in [-0.1, -0.05) is 43.4 Å². The second-order valence-electron chi connectivity index (χ2n) is 5.57. The zero-order valence-corrected chi connectivity index (χ0v) is 12.7. The predicted octanol–water partition coefficient (Wildman–Crippen LogP) is 4.43. The van der Waals surface area contributed by atoms with Crippen molar-refractivity contribution in [3.05, 3.63) is 0 Å². The Morgan fingerprint density at radius 1 is 1.27 bits per heavy atom. The minimum atomic E-state index is 0.191. The van der Waals surface area contributed by atoms with Crippen LogP contribution in [0.3, 0.4) is 0 Å². The highest BCUT2D eigenvalue weighted by Gasteiger charge is 2.35. The van der Waals surface area contributed by atoms with Gasteiger partial charge in [-0.05, 0) is 44.4 Å². The number of hydrogen-bond donors (Lipinski definition) is 0. The second kappa shape index (κ2) is 5.85. The molecule has 1 atom stereocenters. The molecule has 1 aliphatic rings. The van der Waals surface area contributed by atoms with E-state index in [9.17, 15) is 0 Å². The lowest BCUT2D eigenvalue weighted by atomic mass is 9.80. The van der Waals surface area contributed by atoms with Crippen molar-refractivity contribution in [3.8, 4) is 0 Å². The highest BCUT2D eigenvalue weighted by atomic mass is 127. The number of ether oxygens (including phenoxy) is 1. The van der Waals surface area contributed by atoms with E-state index in [1.54, 1.807) is 0 Å². The summed E-state index contributed by atoms with van der Waals surface area (Å²) >= 11 is 2.50. The molecule has 0 spiro atoms. The van der Waals surface area contributed by atoms with Gasteiger partial charge in [-0.15, -0.1) is 0 Å². The second-order valence-corrected chi connectivity index (χ2v) is 6.33. The van der Waals surface area contributed by atoms with E-state index in [1.165, 1.54) is 25.7 Å². The lowest BCUT2D eigenvalue weighted by molar-refractivity contribution is -0.110. The minimum absolute atomic E-state index is 0.191. The van der Waals surface area contributed by atoms with Crippen molar-refractivity contribution >= 4 is 22.6 Å². The molecule has 1 fully saturated rings. The normalized spacial score (nSPS) is 34.4. The quantitative estimate of drug-likeness (QED) is 0.549. The molecule has 0 bridgehead atoms. The van der Waals surface area contributed by atoms with E-state index in [2.05, 4.69) is 50.3 Å². The molecule has 0 heterocycles. The van der Waals surface area contributed by atoms with Gasteiger partial charge in [0.05, 0.1) is 11.7 Å². The third-order valence-electron chi connectivity index (χ3n) is 3.80. The molecule has 1 unspecified atom stereocenters. The maximum atomic E-state index is 6.33. The Labute approximate surface area is 108 Å². The summed E-state index contributed by atoms with van der Waals surface area (Å²) in [6.07, 6.45) is 5.59. The molecule has 0 aromatic heterocycles. The largest absolute Gasteiger partial charge is 0.371 e. The molecule has 0 amide bonds. The lowest BCUT2D eigenvalue weighted by Crippen LogP contribution is -2.42. The van der Waals surface area contributed by atoms with Gasteiger partial charge in [0, 0.05) is 4.43 Å². The number of alkyl halides is 1. The monoisotopic (exact) mass is 324 g/mol. The van der Waals surface area contributed by atoms with Gasteiger partial charge in [-0.2, -0.15) is 0 Å². The van der Waals surface area contributed by atoms with Gasteiger partial charge in [-0.25, -0.2) is 0 Å². The maximum Gasteiger partial charge on any atom is 0.0775 e. The summed E-state index contributed by atoms with van der Waals surface area (Å²) in [5, 5.41) is 0. The van der Waals surface area contributed by atoms with Crippen LogP contribution in [-0.2, 0) is 4.74 Å². The Kier molecular flexibility index (Phi) is 5.37. The Morgan fingerprint density at radius 3 is 2.20 bits per heavy atom. The van der Waals surface area contributed by atoms with Gasteiger partial charge < -0.3 is 4.74 Å². The van der Waals surface area contributed by atoms with Gasteiger partial charge in [0.2, 0.25) is 0 Å². The zero-order chi connectivity index (χ0) is 11.5. The zero-order valence-electron chi connectivity index (χ0n) is 10.6. The molecule has 1 nitrogen and oxygen atoms in total. The number of halogens is 1. The maximum absolute atomic E-state index is 6.33. The van der Waals surface area contributed by atoms with Crippen LogP contribution >= 0.6 is 22.6 Å². The Hall–Kier alpha value is 0.690. The molecule has 2 heteroatoms. The molecule has 0 aliphatic heterocycles. The first-order valence-electron chi connectivity index (χ1n) is 6.23. The Morgan fingerprint density at radius 2 is 1.80 bits per heavy atom. The molecule has 15 heavy (non-hydrogen) atoms. The summed E-state index contributed by atoms with van der Waals surface area (Å²) in [6, 6.07) is 0. The number of hydrogen-bond acceptors (Lipinski definition) is 1. The molecule has 0 saturated heterocycles. The van der Waals surface area contributed by atoms with E-state index >= 15 is 0 Å². The van der Waals surface area contributed by atoms with Crippen LogP contribution in [0, 0.1) is 11.8 Å². The van der Waals surface area contributed by atoms with Crippen LogP contribution in [0.1, 0.15) is 53.4 Å². The van der Waals surface area contributed by atoms with Crippen LogP contribution in [-0.4, -0.2) is 16.1 Å². The molecular weight excluding hydrogens is 299 g/mol. The molecule has 0 radical (unpaired) electrons. The Bertz CT molecular complexity index is 183. The van der Waals surface area contributed by atoms with E-state index in [0.717, 1.165) is 10.3 Å². The third kappa shape index (κ3) is 3.88. The van der Waals surface area contributed by atoms with E-state index < -0.39 is 0 Å². The fraction of sp³-hybridized carbons (Fsp3) is 1.00. The van der Waals surface area contributed by atoms with Gasteiger partial charge in [-0.3, -0.25) is 0 Å². The van der Waals surface area contributed by atoms with Gasteiger partial charge in [0.1, 0.15) is 0 Å². The summed E-state index contributed by atoms with van der Waals surface area (Å²) in [7, 11) is 0. The Balaban J connectivity index is 2.53. The summed E-state index contributed by atoms with van der Waals surface area (Å²) in [6.45, 7) is 9.08. The van der Waals surface area contributed by atoms with E-state index in [4.69, 9.17) is 4.74 Å². The van der Waals surface area contributed by atoms with Crippen LogP contribution in [0.25, 0.3) is 0 Å². The lowest BCUT2D eigenvalue weighted by Gasteiger charge is -2.41. The SMILES string of the molecule is CC1CCC(CI)(OC(C)C(C)C)CC1. The van der Waals surface area contributed by atoms with Gasteiger partial charge in [0.25, 0.3) is 0 Å². The van der Waals surface area contributed by atoms with Crippen molar-refractivity contribution < 1.29 is 4.74 Å². The van der Waals surface area contributed by atoms with Crippen LogP contribution in [0.5, 0.6) is 0 Å². The highest BCUT2D eigenvalue weighted by molar-refractivity contribution is 14.1. The first-order valence-corrected chi connectivity index (χ1v) is 7.75. The fourth-order valence-corrected chi connectivity index (χ4v) is 3.04. The number of rotatable bonds is 4. The summed E-state index contributed by atoms with van der Waals surface area (Å²) in [4.78, 5) is 0. The molecule has 90 valence electrons. The summed E-state index contributed by atoms with van der Waals surface area (Å²) in [5.41, 5.74) is 0.191. The van der Waals surface area contributed by atoms with E-state index in [1.807, 2.05) is 0 Å². The van der Waals surface area contributed by atoms with Crippen molar-refractivity contribution in [2.24, 2.45) is 11.8 Å². The van der Waals surface area contributed by atoms with Crippen molar-refractivity contribution in [1.82, 2.24) is 0 Å². The van der Waals surface area contributed by atoms with Crippen molar-refractivity contribution in [3.63, 3.8) is 0 Å². The molecule has 0 aromatic rings. The molecule has 1 aliphatic carbocycles. The predicted molar refractivity (Wildman–Crippen MR) is 74.6 cm³/mol. The topological polar surface area (TPSA) is 9.23 Å². The summed E-state index contributed by atoms with van der Waals surface area (Å²) in [5.74, 6) is 1.53. The highest BCUT2D eigenvalue weighted by Crippen LogP contribution is 2.37. The molecule has 0 N–H and O–H groups in total. The van der Waals surface area contributed by atoms with Crippen molar-refractivity contribution in [1.29, 1.82) is 0 Å². The standard InChI is InChI=1S/C13H25IO/c1-10(2)12(4)15-13(9-14)7-5-11(3)6-8-13/h10-12H,5-9H2,1-4H3. The van der Waals surface area contributed by atoms with Crippen molar-refractivity contribution in [2.45, 2.75) is 65.1 Å². The molecule has 1 rings (SSSR count). The van der Waals surface area contributed by atoms with Gasteiger partial charge in [0.15, 0.2) is 0 Å². The third-order valence-corrected chi connectivity index (χ3v) is 5.19. The van der Waals surface area contributed by atoms with Crippen LogP contribution in [0.15, 0.2) is 0 Å². The fourth-order valence-electron chi connectivity index (χ4n) is 2.10. The van der Waals surface area contributed by atoms with Gasteiger partial charge >= 0.3 is 0 Å². The molecule has 1 saturated carbocycles. The van der Waals surface area contributed by atoms with Crippen LogP contribution in [0.2, 0.25) is 0 Å². The average Bonchev–Trinajstić information content (AvgIpc) is 2.21. The van der Waals surface area contributed by atoms with Crippen molar-refractivity contribution in [2.75, 3.05) is 4.43 Å². The van der Waals surface area contributed by atoms with Crippen LogP contribution in [0.4, 0.5) is 0 Å². The first-order chi connectivity index (χ1) is 6.99. The first kappa shape index (κ1) is 13.8.